The zero-order valence-corrected chi connectivity index (χ0v) is 15.9. The van der Waals surface area contributed by atoms with Crippen molar-refractivity contribution in [3.63, 3.8) is 0 Å². The third-order valence-corrected chi connectivity index (χ3v) is 4.80. The molecule has 2 heteroatoms. The summed E-state index contributed by atoms with van der Waals surface area (Å²) in [5.74, 6) is 0. The topological polar surface area (TPSA) is 23.5 Å². The van der Waals surface area contributed by atoms with Gasteiger partial charge in [-0.15, -0.1) is 0 Å². The summed E-state index contributed by atoms with van der Waals surface area (Å²) in [6, 6.07) is 10.7. The lowest BCUT2D eigenvalue weighted by Gasteiger charge is -2.21. The van der Waals surface area contributed by atoms with E-state index in [-0.39, 0.29) is 6.61 Å². The van der Waals surface area contributed by atoms with Crippen LogP contribution in [0.1, 0.15) is 76.7 Å². The maximum atomic E-state index is 9.25. The largest absolute Gasteiger partial charge is 0.395 e. The Hall–Kier alpha value is -0.860. The van der Waals surface area contributed by atoms with E-state index in [1.807, 2.05) is 0 Å². The fourth-order valence-corrected chi connectivity index (χ4v) is 3.23. The summed E-state index contributed by atoms with van der Waals surface area (Å²) in [5, 5.41) is 9.25. The van der Waals surface area contributed by atoms with Gasteiger partial charge in [-0.1, -0.05) is 95.0 Å². The molecule has 0 bridgehead atoms. The summed E-state index contributed by atoms with van der Waals surface area (Å²) in [4.78, 5) is 2.41. The van der Waals surface area contributed by atoms with Gasteiger partial charge in [0.25, 0.3) is 0 Å². The Kier molecular flexibility index (Phi) is 13.8. The Morgan fingerprint density at radius 2 is 1.29 bits per heavy atom. The highest BCUT2D eigenvalue weighted by molar-refractivity contribution is 5.14. The van der Waals surface area contributed by atoms with E-state index in [1.165, 1.54) is 69.8 Å². The van der Waals surface area contributed by atoms with Crippen molar-refractivity contribution < 1.29 is 5.11 Å². The fraction of sp³-hybridized carbons (Fsp3) is 0.727. The first-order valence-corrected chi connectivity index (χ1v) is 10.2. The van der Waals surface area contributed by atoms with Crippen molar-refractivity contribution in [2.75, 3.05) is 26.2 Å². The summed E-state index contributed by atoms with van der Waals surface area (Å²) in [5.41, 5.74) is 1.39. The molecule has 1 rings (SSSR count). The van der Waals surface area contributed by atoms with Crippen molar-refractivity contribution in [3.8, 4) is 0 Å². The van der Waals surface area contributed by atoms with Crippen LogP contribution in [0.4, 0.5) is 0 Å². The molecule has 0 aliphatic carbocycles. The first kappa shape index (κ1) is 21.2. The first-order valence-electron chi connectivity index (χ1n) is 10.2. The average molecular weight is 334 g/mol. The van der Waals surface area contributed by atoms with E-state index >= 15 is 0 Å². The third-order valence-electron chi connectivity index (χ3n) is 4.80. The van der Waals surface area contributed by atoms with E-state index in [0.717, 1.165) is 26.1 Å². The van der Waals surface area contributed by atoms with Gasteiger partial charge in [0, 0.05) is 13.1 Å². The molecule has 0 saturated carbocycles. The molecule has 1 aromatic carbocycles. The molecule has 0 saturated heterocycles. The van der Waals surface area contributed by atoms with Crippen LogP contribution in [0.15, 0.2) is 30.3 Å². The van der Waals surface area contributed by atoms with Gasteiger partial charge in [0.2, 0.25) is 0 Å². The maximum Gasteiger partial charge on any atom is 0.0558 e. The molecular formula is C22H39NO. The molecule has 138 valence electrons. The Bertz CT molecular complexity index is 365. The maximum absolute atomic E-state index is 9.25. The third kappa shape index (κ3) is 11.6. The molecule has 0 spiro atoms. The van der Waals surface area contributed by atoms with Gasteiger partial charge >= 0.3 is 0 Å². The highest BCUT2D eigenvalue weighted by atomic mass is 16.3. The quantitative estimate of drug-likeness (QED) is 0.407. The fourth-order valence-electron chi connectivity index (χ4n) is 3.23. The highest BCUT2D eigenvalue weighted by Gasteiger charge is 2.04. The number of nitrogens with zero attached hydrogens (tertiary/aromatic N) is 1. The lowest BCUT2D eigenvalue weighted by atomic mass is 10.1. The summed E-state index contributed by atoms with van der Waals surface area (Å²) in [6.45, 7) is 5.54. The Labute approximate surface area is 150 Å². The van der Waals surface area contributed by atoms with Crippen LogP contribution in [0.5, 0.6) is 0 Å². The average Bonchev–Trinajstić information content (AvgIpc) is 2.62. The normalized spacial score (nSPS) is 11.3. The van der Waals surface area contributed by atoms with Crippen LogP contribution in [-0.2, 0) is 6.42 Å². The Morgan fingerprint density at radius 3 is 1.88 bits per heavy atom. The second-order valence-corrected chi connectivity index (χ2v) is 6.98. The van der Waals surface area contributed by atoms with E-state index in [0.29, 0.717) is 0 Å². The van der Waals surface area contributed by atoms with Crippen LogP contribution in [0.2, 0.25) is 0 Å². The molecule has 1 N–H and O–H groups in total. The van der Waals surface area contributed by atoms with E-state index in [4.69, 9.17) is 0 Å². The smallest absolute Gasteiger partial charge is 0.0558 e. The Morgan fingerprint density at radius 1 is 0.708 bits per heavy atom. The van der Waals surface area contributed by atoms with Crippen LogP contribution >= 0.6 is 0 Å². The van der Waals surface area contributed by atoms with E-state index in [1.54, 1.807) is 0 Å². The molecule has 0 fully saturated rings. The molecule has 24 heavy (non-hydrogen) atoms. The second-order valence-electron chi connectivity index (χ2n) is 6.98. The van der Waals surface area contributed by atoms with Gasteiger partial charge in [-0.3, -0.25) is 0 Å². The molecule has 0 aliphatic heterocycles. The van der Waals surface area contributed by atoms with Crippen molar-refractivity contribution in [3.05, 3.63) is 35.9 Å². The van der Waals surface area contributed by atoms with Crippen LogP contribution in [0, 0.1) is 0 Å². The number of unbranched alkanes of at least 4 members (excludes halogenated alkanes) is 9. The molecule has 0 radical (unpaired) electrons. The standard InChI is InChI=1S/C22H39NO/c1-2-3-4-5-6-7-8-9-10-14-18-23(20-21-24)19-17-22-15-12-11-13-16-22/h11-13,15-16,24H,2-10,14,17-21H2,1H3. The van der Waals surface area contributed by atoms with Gasteiger partial charge in [-0.25, -0.2) is 0 Å². The van der Waals surface area contributed by atoms with Crippen LogP contribution in [0.3, 0.4) is 0 Å². The van der Waals surface area contributed by atoms with Gasteiger partial charge in [0.05, 0.1) is 6.61 Å². The number of hydrogen-bond donors (Lipinski definition) is 1. The van der Waals surface area contributed by atoms with Crippen molar-refractivity contribution in [2.24, 2.45) is 0 Å². The zero-order valence-electron chi connectivity index (χ0n) is 15.9. The van der Waals surface area contributed by atoms with E-state index in [2.05, 4.69) is 42.2 Å². The predicted molar refractivity (Wildman–Crippen MR) is 106 cm³/mol. The van der Waals surface area contributed by atoms with E-state index in [9.17, 15) is 5.11 Å². The van der Waals surface area contributed by atoms with Crippen molar-refractivity contribution in [1.29, 1.82) is 0 Å². The van der Waals surface area contributed by atoms with Crippen molar-refractivity contribution >= 4 is 0 Å². The van der Waals surface area contributed by atoms with Crippen LogP contribution < -0.4 is 0 Å². The van der Waals surface area contributed by atoms with Gasteiger partial charge in [0.15, 0.2) is 0 Å². The van der Waals surface area contributed by atoms with Gasteiger partial charge < -0.3 is 10.0 Å². The minimum Gasteiger partial charge on any atom is -0.395 e. The zero-order chi connectivity index (χ0) is 17.3. The second kappa shape index (κ2) is 15.7. The molecule has 0 aliphatic rings. The van der Waals surface area contributed by atoms with Crippen molar-refractivity contribution in [2.45, 2.75) is 77.6 Å². The number of hydrogen-bond acceptors (Lipinski definition) is 2. The van der Waals surface area contributed by atoms with Gasteiger partial charge in [-0.2, -0.15) is 0 Å². The number of aliphatic hydroxyl groups excluding tert-OH is 1. The summed E-state index contributed by atoms with van der Waals surface area (Å²) in [6.07, 6.45) is 14.9. The molecule has 0 aromatic heterocycles. The predicted octanol–water partition coefficient (Wildman–Crippen LogP) is 5.44. The number of rotatable bonds is 16. The minimum atomic E-state index is 0.270. The molecule has 0 atom stereocenters. The lowest BCUT2D eigenvalue weighted by Crippen LogP contribution is -2.30. The molecular weight excluding hydrogens is 294 g/mol. The monoisotopic (exact) mass is 333 g/mol. The minimum absolute atomic E-state index is 0.270. The molecule has 0 unspecified atom stereocenters. The van der Waals surface area contributed by atoms with Crippen molar-refractivity contribution in [1.82, 2.24) is 4.90 Å². The first-order chi connectivity index (χ1) is 11.9. The number of benzene rings is 1. The molecule has 1 aromatic rings. The Balaban J connectivity index is 2.01. The van der Waals surface area contributed by atoms with E-state index < -0.39 is 0 Å². The van der Waals surface area contributed by atoms with Crippen LogP contribution in [0.25, 0.3) is 0 Å². The lowest BCUT2D eigenvalue weighted by molar-refractivity contribution is 0.194. The highest BCUT2D eigenvalue weighted by Crippen LogP contribution is 2.11. The van der Waals surface area contributed by atoms with Gasteiger partial charge in [0.1, 0.15) is 0 Å². The summed E-state index contributed by atoms with van der Waals surface area (Å²) >= 11 is 0. The molecule has 2 nitrogen and oxygen atoms in total. The summed E-state index contributed by atoms with van der Waals surface area (Å²) in [7, 11) is 0. The number of aliphatic hydroxyl groups is 1. The molecule has 0 amide bonds. The van der Waals surface area contributed by atoms with Crippen LogP contribution in [-0.4, -0.2) is 36.2 Å². The van der Waals surface area contributed by atoms with Gasteiger partial charge in [-0.05, 0) is 24.9 Å². The SMILES string of the molecule is CCCCCCCCCCCCN(CCO)CCc1ccccc1. The molecule has 0 heterocycles. The summed E-state index contributed by atoms with van der Waals surface area (Å²) < 4.78 is 0.